The molecule has 0 spiro atoms. The largest absolute Gasteiger partial charge is 0.491 e. The molecule has 3 heterocycles. The number of nitrogens with zero attached hydrogens (tertiary/aromatic N) is 5. The Balaban J connectivity index is 1.85. The number of amides is 1. The summed E-state index contributed by atoms with van der Waals surface area (Å²) in [6.45, 7) is 1.66. The summed E-state index contributed by atoms with van der Waals surface area (Å²) in [5, 5.41) is 13.1. The molecule has 30 heavy (non-hydrogen) atoms. The van der Waals surface area contributed by atoms with Crippen molar-refractivity contribution in [1.82, 2.24) is 19.5 Å². The lowest BCUT2D eigenvalue weighted by Crippen LogP contribution is -2.25. The van der Waals surface area contributed by atoms with Gasteiger partial charge in [-0.15, -0.1) is 0 Å². The normalized spacial score (nSPS) is 13.2. The number of anilines is 2. The number of carbonyl (C=O) groups is 1. The van der Waals surface area contributed by atoms with Gasteiger partial charge >= 0.3 is 0 Å². The summed E-state index contributed by atoms with van der Waals surface area (Å²) in [5.41, 5.74) is 6.43. The number of nitrogens with two attached hydrogens (primary N) is 1. The first-order valence-corrected chi connectivity index (χ1v) is 9.38. The van der Waals surface area contributed by atoms with Crippen molar-refractivity contribution in [1.29, 1.82) is 0 Å². The molecular weight excluding hydrogens is 390 g/mol. The molecule has 4 N–H and O–H groups in total. The van der Waals surface area contributed by atoms with Crippen LogP contribution in [0.2, 0.25) is 0 Å². The maximum absolute atomic E-state index is 12.6. The van der Waals surface area contributed by atoms with E-state index in [-0.39, 0.29) is 23.7 Å². The average molecular weight is 411 g/mol. The second kappa shape index (κ2) is 8.33. The molecule has 0 saturated heterocycles. The minimum absolute atomic E-state index is 0.0300. The van der Waals surface area contributed by atoms with Gasteiger partial charge in [-0.1, -0.05) is 0 Å². The van der Waals surface area contributed by atoms with E-state index >= 15 is 0 Å². The van der Waals surface area contributed by atoms with E-state index in [0.717, 1.165) is 11.2 Å². The van der Waals surface area contributed by atoms with Gasteiger partial charge in [0.25, 0.3) is 5.91 Å². The van der Waals surface area contributed by atoms with Crippen LogP contribution in [0.15, 0.2) is 29.5 Å². The van der Waals surface area contributed by atoms with Crippen LogP contribution < -0.4 is 26.1 Å². The summed E-state index contributed by atoms with van der Waals surface area (Å²) >= 11 is 0. The predicted molar refractivity (Wildman–Crippen MR) is 108 cm³/mol. The van der Waals surface area contributed by atoms with Gasteiger partial charge in [-0.05, 0) is 12.1 Å². The molecule has 0 radical (unpaired) electrons. The third kappa shape index (κ3) is 3.62. The second-order valence-corrected chi connectivity index (χ2v) is 6.50. The zero-order valence-corrected chi connectivity index (χ0v) is 16.3. The molecule has 11 heteroatoms. The van der Waals surface area contributed by atoms with Gasteiger partial charge in [0.1, 0.15) is 11.3 Å². The maximum Gasteiger partial charge on any atom is 0.283 e. The summed E-state index contributed by atoms with van der Waals surface area (Å²) in [5.74, 6) is 1.27. The zero-order chi connectivity index (χ0) is 21.1. The van der Waals surface area contributed by atoms with Crippen molar-refractivity contribution in [3.05, 3.63) is 35.7 Å². The van der Waals surface area contributed by atoms with Crippen LogP contribution in [0, 0.1) is 0 Å². The summed E-state index contributed by atoms with van der Waals surface area (Å²) < 4.78 is 13.1. The Morgan fingerprint density at radius 3 is 2.90 bits per heavy atom. The number of rotatable bonds is 6. The fraction of sp³-hybridized carbons (Fsp3) is 0.316. The number of carbonyl (C=O) groups excluding carboxylic acids is 1. The number of nitrogens with one attached hydrogen (secondary N) is 1. The van der Waals surface area contributed by atoms with Crippen molar-refractivity contribution >= 4 is 28.6 Å². The number of ether oxygens (including phenoxy) is 2. The molecular formula is C19H21N7O4. The number of fused-ring (bicyclic) bond motifs is 3. The Kier molecular flexibility index (Phi) is 5.44. The molecule has 0 atom stereocenters. The molecule has 0 fully saturated rings. The van der Waals surface area contributed by atoms with Crippen LogP contribution in [-0.4, -0.2) is 57.4 Å². The SMILES string of the molecule is COc1c(OCCCO)ccc2c3n(c(=NC(=O)c4cnc(N)nc4)nc12)CCN3. The van der Waals surface area contributed by atoms with E-state index in [1.165, 1.54) is 19.5 Å². The Bertz CT molecular complexity index is 1160. The fourth-order valence-electron chi connectivity index (χ4n) is 3.20. The van der Waals surface area contributed by atoms with E-state index in [9.17, 15) is 4.79 Å². The highest BCUT2D eigenvalue weighted by Gasteiger charge is 2.20. The Labute approximate surface area is 171 Å². The van der Waals surface area contributed by atoms with Crippen LogP contribution in [0.1, 0.15) is 16.8 Å². The van der Waals surface area contributed by atoms with Gasteiger partial charge < -0.3 is 25.6 Å². The van der Waals surface area contributed by atoms with Crippen molar-refractivity contribution < 1.29 is 19.4 Å². The predicted octanol–water partition coefficient (Wildman–Crippen LogP) is 0.345. The van der Waals surface area contributed by atoms with Gasteiger partial charge in [0.05, 0.1) is 19.3 Å². The molecule has 2 aromatic heterocycles. The minimum Gasteiger partial charge on any atom is -0.491 e. The van der Waals surface area contributed by atoms with Gasteiger partial charge in [-0.25, -0.2) is 15.0 Å². The van der Waals surface area contributed by atoms with Crippen LogP contribution in [-0.2, 0) is 6.54 Å². The third-order valence-electron chi connectivity index (χ3n) is 4.59. The van der Waals surface area contributed by atoms with Crippen molar-refractivity contribution in [2.75, 3.05) is 37.9 Å². The Hall–Kier alpha value is -3.73. The van der Waals surface area contributed by atoms with E-state index in [0.29, 0.717) is 43.1 Å². The maximum atomic E-state index is 12.6. The molecule has 4 rings (SSSR count). The van der Waals surface area contributed by atoms with Gasteiger partial charge in [-0.3, -0.25) is 9.36 Å². The first-order chi connectivity index (χ1) is 14.6. The van der Waals surface area contributed by atoms with Gasteiger partial charge in [0.2, 0.25) is 11.6 Å². The van der Waals surface area contributed by atoms with E-state index in [4.69, 9.17) is 20.3 Å². The van der Waals surface area contributed by atoms with Crippen LogP contribution in [0.5, 0.6) is 11.5 Å². The highest BCUT2D eigenvalue weighted by molar-refractivity contribution is 5.96. The quantitative estimate of drug-likeness (QED) is 0.488. The van der Waals surface area contributed by atoms with Gasteiger partial charge in [0, 0.05) is 43.9 Å². The monoisotopic (exact) mass is 411 g/mol. The van der Waals surface area contributed by atoms with Crippen LogP contribution in [0.4, 0.5) is 11.8 Å². The molecule has 1 amide bonds. The smallest absolute Gasteiger partial charge is 0.283 e. The van der Waals surface area contributed by atoms with Gasteiger partial charge in [-0.2, -0.15) is 4.99 Å². The number of aromatic nitrogens is 4. The number of hydrogen-bond donors (Lipinski definition) is 3. The first kappa shape index (κ1) is 19.6. The summed E-state index contributed by atoms with van der Waals surface area (Å²) in [7, 11) is 1.52. The number of hydrogen-bond acceptors (Lipinski definition) is 9. The number of benzene rings is 1. The summed E-state index contributed by atoms with van der Waals surface area (Å²) in [4.78, 5) is 29.1. The molecule has 0 unspecified atom stereocenters. The topological polar surface area (TPSA) is 150 Å². The molecule has 1 aromatic carbocycles. The lowest BCUT2D eigenvalue weighted by Gasteiger charge is -2.14. The van der Waals surface area contributed by atoms with E-state index < -0.39 is 5.91 Å². The van der Waals surface area contributed by atoms with Gasteiger partial charge in [0.15, 0.2) is 11.5 Å². The number of aliphatic hydroxyl groups is 1. The van der Waals surface area contributed by atoms with Crippen molar-refractivity contribution in [2.24, 2.45) is 4.99 Å². The highest BCUT2D eigenvalue weighted by Crippen LogP contribution is 2.37. The minimum atomic E-state index is -0.530. The molecule has 1 aliphatic rings. The molecule has 11 nitrogen and oxygen atoms in total. The Morgan fingerprint density at radius 2 is 2.17 bits per heavy atom. The number of methoxy groups -OCH3 is 1. The van der Waals surface area contributed by atoms with E-state index in [1.807, 2.05) is 10.6 Å². The third-order valence-corrected chi connectivity index (χ3v) is 4.59. The van der Waals surface area contributed by atoms with Crippen molar-refractivity contribution in [3.8, 4) is 11.5 Å². The first-order valence-electron chi connectivity index (χ1n) is 9.38. The average Bonchev–Trinajstić information content (AvgIpc) is 3.24. The lowest BCUT2D eigenvalue weighted by atomic mass is 10.2. The molecule has 0 aliphatic carbocycles. The second-order valence-electron chi connectivity index (χ2n) is 6.50. The molecule has 1 aliphatic heterocycles. The standard InChI is InChI=1S/C19H21N7O4/c1-29-15-13(30-8-2-7-27)4-3-12-14(15)24-19(26-6-5-21-16(12)26)25-17(28)11-9-22-18(20)23-10-11/h3-4,9-10,21,27H,2,5-8H2,1H3,(H2,20,22,23). The Morgan fingerprint density at radius 1 is 1.37 bits per heavy atom. The summed E-state index contributed by atoms with van der Waals surface area (Å²) in [6.07, 6.45) is 3.15. The van der Waals surface area contributed by atoms with E-state index in [2.05, 4.69) is 25.3 Å². The summed E-state index contributed by atoms with van der Waals surface area (Å²) in [6, 6.07) is 3.68. The van der Waals surface area contributed by atoms with Crippen molar-refractivity contribution in [2.45, 2.75) is 13.0 Å². The molecule has 0 bridgehead atoms. The fourth-order valence-corrected chi connectivity index (χ4v) is 3.20. The van der Waals surface area contributed by atoms with E-state index in [1.54, 1.807) is 6.07 Å². The number of aliphatic hydroxyl groups excluding tert-OH is 1. The van der Waals surface area contributed by atoms with Crippen LogP contribution >= 0.6 is 0 Å². The van der Waals surface area contributed by atoms with Crippen LogP contribution in [0.25, 0.3) is 10.9 Å². The lowest BCUT2D eigenvalue weighted by molar-refractivity contribution is 0.0996. The zero-order valence-electron chi connectivity index (χ0n) is 16.3. The van der Waals surface area contributed by atoms with Crippen molar-refractivity contribution in [3.63, 3.8) is 0 Å². The molecule has 3 aromatic rings. The molecule has 156 valence electrons. The number of nitrogen functional groups attached to an aromatic ring is 1. The molecule has 0 saturated carbocycles. The highest BCUT2D eigenvalue weighted by atomic mass is 16.5. The van der Waals surface area contributed by atoms with Crippen LogP contribution in [0.3, 0.4) is 0 Å².